The van der Waals surface area contributed by atoms with Gasteiger partial charge in [-0.25, -0.2) is 9.59 Å². The highest BCUT2D eigenvalue weighted by atomic mass is 32.2. The molecular weight excluding hydrogens is 278 g/mol. The minimum atomic E-state index is -3.62. The average Bonchev–Trinajstić information content (AvgIpc) is 2.35. The van der Waals surface area contributed by atoms with Crippen molar-refractivity contribution in [3.05, 3.63) is 0 Å². The second-order valence-corrected chi connectivity index (χ2v) is 5.76. The summed E-state index contributed by atoms with van der Waals surface area (Å²) in [6.45, 7) is -0.0422. The van der Waals surface area contributed by atoms with Crippen LogP contribution in [0.3, 0.4) is 0 Å². The quantitative estimate of drug-likeness (QED) is 0.522. The van der Waals surface area contributed by atoms with Gasteiger partial charge in [-0.05, 0) is 12.8 Å². The molecule has 0 aromatic carbocycles. The molecule has 19 heavy (non-hydrogen) atoms. The molecule has 8 nitrogen and oxygen atoms in total. The van der Waals surface area contributed by atoms with Gasteiger partial charge in [0.2, 0.25) is 0 Å². The largest absolute Gasteiger partial charge is 0.467 e. The summed E-state index contributed by atoms with van der Waals surface area (Å²) in [7, 11) is -1.22. The van der Waals surface area contributed by atoms with Crippen LogP contribution in [0, 0.1) is 0 Å². The van der Waals surface area contributed by atoms with Crippen LogP contribution in [0.1, 0.15) is 12.8 Å². The first-order valence-corrected chi connectivity index (χ1v) is 7.40. The van der Waals surface area contributed by atoms with Gasteiger partial charge in [-0.1, -0.05) is 0 Å². The zero-order chi connectivity index (χ0) is 14.6. The Balaban J connectivity index is 2.82. The fourth-order valence-electron chi connectivity index (χ4n) is 1.96. The number of nitrogens with zero attached hydrogens (tertiary/aromatic N) is 1. The molecule has 1 fully saturated rings. The molecule has 0 bridgehead atoms. The van der Waals surface area contributed by atoms with Crippen LogP contribution in [-0.4, -0.2) is 64.5 Å². The third kappa shape index (κ3) is 4.35. The molecule has 110 valence electrons. The van der Waals surface area contributed by atoms with E-state index in [4.69, 9.17) is 4.18 Å². The van der Waals surface area contributed by atoms with E-state index < -0.39 is 34.3 Å². The van der Waals surface area contributed by atoms with Crippen molar-refractivity contribution in [1.82, 2.24) is 4.90 Å². The van der Waals surface area contributed by atoms with Crippen LogP contribution in [-0.2, 0) is 28.6 Å². The summed E-state index contributed by atoms with van der Waals surface area (Å²) in [6, 6.07) is -0.781. The number of carbonyl (C=O) groups excluding carboxylic acids is 2. The highest BCUT2D eigenvalue weighted by Gasteiger charge is 2.38. The summed E-state index contributed by atoms with van der Waals surface area (Å²) >= 11 is 0. The summed E-state index contributed by atoms with van der Waals surface area (Å²) in [5.74, 6) is -0.566. The second-order valence-electron chi connectivity index (χ2n) is 4.16. The molecule has 0 aromatic heterocycles. The number of esters is 1. The zero-order valence-electron chi connectivity index (χ0n) is 11.0. The van der Waals surface area contributed by atoms with E-state index in [1.807, 2.05) is 0 Å². The van der Waals surface area contributed by atoms with Gasteiger partial charge in [0.15, 0.2) is 0 Å². The lowest BCUT2D eigenvalue weighted by Gasteiger charge is -2.36. The van der Waals surface area contributed by atoms with Gasteiger partial charge >= 0.3 is 12.1 Å². The van der Waals surface area contributed by atoms with Gasteiger partial charge in [-0.3, -0.25) is 9.08 Å². The number of rotatable bonds is 3. The Kier molecular flexibility index (Phi) is 5.12. The van der Waals surface area contributed by atoms with Crippen molar-refractivity contribution in [2.24, 2.45) is 0 Å². The summed E-state index contributed by atoms with van der Waals surface area (Å²) in [4.78, 5) is 24.3. The van der Waals surface area contributed by atoms with Gasteiger partial charge in [-0.2, -0.15) is 8.42 Å². The molecule has 1 rings (SSSR count). The van der Waals surface area contributed by atoms with Crippen molar-refractivity contribution in [2.75, 3.05) is 27.0 Å². The zero-order valence-corrected chi connectivity index (χ0v) is 11.8. The van der Waals surface area contributed by atoms with E-state index in [2.05, 4.69) is 9.47 Å². The number of methoxy groups -OCH3 is 2. The van der Waals surface area contributed by atoms with E-state index in [0.29, 0.717) is 6.42 Å². The number of piperidine rings is 1. The molecule has 0 radical (unpaired) electrons. The minimum absolute atomic E-state index is 0.0422. The van der Waals surface area contributed by atoms with E-state index in [1.165, 1.54) is 14.2 Å². The van der Waals surface area contributed by atoms with Crippen molar-refractivity contribution in [3.8, 4) is 0 Å². The lowest BCUT2D eigenvalue weighted by Crippen LogP contribution is -2.53. The van der Waals surface area contributed by atoms with Crippen LogP contribution < -0.4 is 0 Å². The van der Waals surface area contributed by atoms with Gasteiger partial charge in [-0.15, -0.1) is 0 Å². The molecule has 0 aromatic rings. The number of carbonyl (C=O) groups is 2. The Bertz CT molecular complexity index is 447. The molecule has 0 saturated carbocycles. The minimum Gasteiger partial charge on any atom is -0.467 e. The molecule has 9 heteroatoms. The Morgan fingerprint density at radius 3 is 2.26 bits per heavy atom. The van der Waals surface area contributed by atoms with E-state index in [-0.39, 0.29) is 13.0 Å². The van der Waals surface area contributed by atoms with Crippen molar-refractivity contribution in [1.29, 1.82) is 0 Å². The van der Waals surface area contributed by atoms with Crippen LogP contribution in [0.25, 0.3) is 0 Å². The van der Waals surface area contributed by atoms with Gasteiger partial charge < -0.3 is 9.47 Å². The Morgan fingerprint density at radius 1 is 1.16 bits per heavy atom. The summed E-state index contributed by atoms with van der Waals surface area (Å²) in [6.07, 6.45) is 0.108. The molecule has 1 saturated heterocycles. The number of likely N-dealkylation sites (tertiary alicyclic amines) is 1. The van der Waals surface area contributed by atoms with Crippen molar-refractivity contribution < 1.29 is 31.7 Å². The van der Waals surface area contributed by atoms with Crippen LogP contribution in [0.4, 0.5) is 4.79 Å². The number of hydrogen-bond acceptors (Lipinski definition) is 7. The monoisotopic (exact) mass is 295 g/mol. The molecule has 1 aliphatic rings. The molecule has 0 N–H and O–H groups in total. The van der Waals surface area contributed by atoms with Crippen molar-refractivity contribution in [2.45, 2.75) is 25.0 Å². The Morgan fingerprint density at radius 2 is 1.79 bits per heavy atom. The lowest BCUT2D eigenvalue weighted by molar-refractivity contribution is -0.148. The van der Waals surface area contributed by atoms with Crippen molar-refractivity contribution >= 4 is 22.2 Å². The smallest absolute Gasteiger partial charge is 0.410 e. The molecule has 1 amide bonds. The standard InChI is InChI=1S/C10H17NO7S/c1-16-9(12)8-5-4-7(18-19(3,14)15)6-11(8)10(13)17-2/h7-8H,4-6H2,1-3H3/t7-,8+/m1/s1. The fourth-order valence-corrected chi connectivity index (χ4v) is 2.61. The van der Waals surface area contributed by atoms with Crippen LogP contribution in [0.15, 0.2) is 0 Å². The summed E-state index contributed by atoms with van der Waals surface area (Å²) in [5, 5.41) is 0. The predicted molar refractivity (Wildman–Crippen MR) is 63.9 cm³/mol. The van der Waals surface area contributed by atoms with Crippen LogP contribution >= 0.6 is 0 Å². The van der Waals surface area contributed by atoms with Gasteiger partial charge in [0.1, 0.15) is 6.04 Å². The van der Waals surface area contributed by atoms with E-state index in [0.717, 1.165) is 11.2 Å². The average molecular weight is 295 g/mol. The van der Waals surface area contributed by atoms with Crippen molar-refractivity contribution in [3.63, 3.8) is 0 Å². The molecule has 2 atom stereocenters. The maximum Gasteiger partial charge on any atom is 0.410 e. The molecule has 0 aliphatic carbocycles. The van der Waals surface area contributed by atoms with Crippen LogP contribution in [0.2, 0.25) is 0 Å². The number of hydrogen-bond donors (Lipinski definition) is 0. The molecule has 0 unspecified atom stereocenters. The molecule has 1 aliphatic heterocycles. The Hall–Kier alpha value is -1.35. The van der Waals surface area contributed by atoms with E-state index >= 15 is 0 Å². The predicted octanol–water partition coefficient (Wildman–Crippen LogP) is -0.265. The maximum absolute atomic E-state index is 11.6. The van der Waals surface area contributed by atoms with Gasteiger partial charge in [0.05, 0.1) is 33.1 Å². The summed E-state index contributed by atoms with van der Waals surface area (Å²) in [5.41, 5.74) is 0. The maximum atomic E-state index is 11.6. The Labute approximate surface area is 111 Å². The SMILES string of the molecule is COC(=O)[C@@H]1CC[C@@H](OS(C)(=O)=O)CN1C(=O)OC. The third-order valence-corrected chi connectivity index (χ3v) is 3.35. The molecular formula is C10H17NO7S. The first kappa shape index (κ1) is 15.7. The topological polar surface area (TPSA) is 99.2 Å². The third-order valence-electron chi connectivity index (χ3n) is 2.73. The van der Waals surface area contributed by atoms with E-state index in [9.17, 15) is 18.0 Å². The normalized spacial score (nSPS) is 23.8. The molecule has 0 spiro atoms. The first-order valence-electron chi connectivity index (χ1n) is 5.59. The lowest BCUT2D eigenvalue weighted by atomic mass is 10.0. The number of ether oxygens (including phenoxy) is 2. The van der Waals surface area contributed by atoms with Crippen LogP contribution in [0.5, 0.6) is 0 Å². The second kappa shape index (κ2) is 6.20. The van der Waals surface area contributed by atoms with Gasteiger partial charge in [0.25, 0.3) is 10.1 Å². The first-order chi connectivity index (χ1) is 8.78. The highest BCUT2D eigenvalue weighted by molar-refractivity contribution is 7.86. The highest BCUT2D eigenvalue weighted by Crippen LogP contribution is 2.22. The fraction of sp³-hybridized carbons (Fsp3) is 0.800. The summed E-state index contributed by atoms with van der Waals surface area (Å²) < 4.78 is 36.1. The number of amides is 1. The van der Waals surface area contributed by atoms with Gasteiger partial charge in [0, 0.05) is 0 Å². The van der Waals surface area contributed by atoms with E-state index in [1.54, 1.807) is 0 Å². The molecule has 1 heterocycles.